The number of ether oxygens (including phenoxy) is 2. The van der Waals surface area contributed by atoms with Gasteiger partial charge in [0.2, 0.25) is 0 Å². The summed E-state index contributed by atoms with van der Waals surface area (Å²) in [5.74, 6) is -0.127. The number of hydrogen-bond donors (Lipinski definition) is 1. The number of hydrogen-bond acceptors (Lipinski definition) is 3. The average Bonchev–Trinajstić information content (AvgIpc) is 2.26. The molecule has 0 aliphatic carbocycles. The van der Waals surface area contributed by atoms with Gasteiger partial charge in [-0.2, -0.15) is 0 Å². The quantitative estimate of drug-likeness (QED) is 0.850. The Balaban J connectivity index is 3.49. The zero-order valence-electron chi connectivity index (χ0n) is 9.53. The van der Waals surface area contributed by atoms with Crippen LogP contribution in [0.3, 0.4) is 0 Å². The molecule has 0 aliphatic rings. The topological polar surface area (TPSA) is 55.8 Å². The van der Waals surface area contributed by atoms with Crippen molar-refractivity contribution < 1.29 is 19.4 Å². The van der Waals surface area contributed by atoms with Crippen LogP contribution in [-0.2, 0) is 0 Å². The van der Waals surface area contributed by atoms with Gasteiger partial charge in [-0.25, -0.2) is 4.79 Å². The summed E-state index contributed by atoms with van der Waals surface area (Å²) in [5, 5.41) is 8.92. The van der Waals surface area contributed by atoms with E-state index < -0.39 is 5.97 Å². The minimum absolute atomic E-state index is 0.124. The molecule has 0 radical (unpaired) electrons. The van der Waals surface area contributed by atoms with Crippen LogP contribution in [0.4, 0.5) is 0 Å². The van der Waals surface area contributed by atoms with E-state index in [9.17, 15) is 4.79 Å². The van der Waals surface area contributed by atoms with E-state index >= 15 is 0 Å². The third kappa shape index (κ3) is 2.16. The molecule has 0 heterocycles. The second kappa shape index (κ2) is 4.70. The van der Waals surface area contributed by atoms with Gasteiger partial charge in [-0.15, -0.1) is 0 Å². The van der Waals surface area contributed by atoms with Gasteiger partial charge in [-0.05, 0) is 24.6 Å². The number of rotatable bonds is 4. The molecule has 0 aliphatic heterocycles. The Morgan fingerprint density at radius 2 is 1.69 bits per heavy atom. The fourth-order valence-electron chi connectivity index (χ4n) is 1.46. The van der Waals surface area contributed by atoms with Crippen LogP contribution in [0, 0.1) is 0 Å². The van der Waals surface area contributed by atoms with E-state index in [2.05, 4.69) is 6.58 Å². The molecule has 0 atom stereocenters. The van der Waals surface area contributed by atoms with E-state index in [1.807, 2.05) is 0 Å². The highest BCUT2D eigenvalue weighted by Crippen LogP contribution is 2.35. The summed E-state index contributed by atoms with van der Waals surface area (Å²) < 4.78 is 10.3. The maximum absolute atomic E-state index is 10.9. The third-order valence-corrected chi connectivity index (χ3v) is 2.18. The lowest BCUT2D eigenvalue weighted by atomic mass is 10.0. The van der Waals surface area contributed by atoms with Gasteiger partial charge in [0.25, 0.3) is 0 Å². The summed E-state index contributed by atoms with van der Waals surface area (Å²) in [5.41, 5.74) is 1.57. The predicted octanol–water partition coefficient (Wildman–Crippen LogP) is 2.44. The van der Waals surface area contributed by atoms with E-state index in [1.54, 1.807) is 6.92 Å². The van der Waals surface area contributed by atoms with Gasteiger partial charge in [0.1, 0.15) is 11.5 Å². The van der Waals surface area contributed by atoms with Crippen LogP contribution in [0.15, 0.2) is 18.7 Å². The molecule has 16 heavy (non-hydrogen) atoms. The predicted molar refractivity (Wildman–Crippen MR) is 61.2 cm³/mol. The second-order valence-electron chi connectivity index (χ2n) is 3.34. The molecular weight excluding hydrogens is 208 g/mol. The van der Waals surface area contributed by atoms with E-state index in [0.29, 0.717) is 17.1 Å². The molecule has 0 saturated heterocycles. The summed E-state index contributed by atoms with van der Waals surface area (Å²) >= 11 is 0. The first-order valence-electron chi connectivity index (χ1n) is 4.66. The lowest BCUT2D eigenvalue weighted by molar-refractivity contribution is 0.0696. The van der Waals surface area contributed by atoms with Crippen LogP contribution in [0.2, 0.25) is 0 Å². The van der Waals surface area contributed by atoms with E-state index in [0.717, 1.165) is 5.57 Å². The molecule has 1 N–H and O–H groups in total. The van der Waals surface area contributed by atoms with Gasteiger partial charge in [-0.1, -0.05) is 6.58 Å². The summed E-state index contributed by atoms with van der Waals surface area (Å²) in [4.78, 5) is 10.9. The SMILES string of the molecule is C=C(C)c1c(OC)cc(C(=O)O)cc1OC. The summed E-state index contributed by atoms with van der Waals surface area (Å²) in [7, 11) is 2.96. The van der Waals surface area contributed by atoms with Crippen LogP contribution >= 0.6 is 0 Å². The third-order valence-electron chi connectivity index (χ3n) is 2.18. The van der Waals surface area contributed by atoms with E-state index in [1.165, 1.54) is 26.4 Å². The molecule has 0 aromatic heterocycles. The van der Waals surface area contributed by atoms with Crippen LogP contribution < -0.4 is 9.47 Å². The van der Waals surface area contributed by atoms with Crippen molar-refractivity contribution in [2.75, 3.05) is 14.2 Å². The Bertz CT molecular complexity index is 410. The van der Waals surface area contributed by atoms with Crippen molar-refractivity contribution in [3.8, 4) is 11.5 Å². The van der Waals surface area contributed by atoms with Gasteiger partial charge < -0.3 is 14.6 Å². The van der Waals surface area contributed by atoms with Gasteiger partial charge in [0.05, 0.1) is 25.3 Å². The van der Waals surface area contributed by atoms with Crippen LogP contribution in [0.1, 0.15) is 22.8 Å². The molecule has 0 fully saturated rings. The van der Waals surface area contributed by atoms with Gasteiger partial charge in [0, 0.05) is 0 Å². The average molecular weight is 222 g/mol. The minimum atomic E-state index is -1.02. The molecule has 1 aromatic rings. The van der Waals surface area contributed by atoms with Crippen molar-refractivity contribution in [2.24, 2.45) is 0 Å². The number of methoxy groups -OCH3 is 2. The molecule has 0 spiro atoms. The molecule has 86 valence electrons. The smallest absolute Gasteiger partial charge is 0.335 e. The highest BCUT2D eigenvalue weighted by Gasteiger charge is 2.15. The number of carboxylic acids is 1. The summed E-state index contributed by atoms with van der Waals surface area (Å²) in [6.07, 6.45) is 0. The minimum Gasteiger partial charge on any atom is -0.496 e. The highest BCUT2D eigenvalue weighted by atomic mass is 16.5. The largest absolute Gasteiger partial charge is 0.496 e. The first-order chi connectivity index (χ1) is 7.51. The molecule has 1 aromatic carbocycles. The second-order valence-corrected chi connectivity index (χ2v) is 3.34. The van der Waals surface area contributed by atoms with Gasteiger partial charge in [-0.3, -0.25) is 0 Å². The zero-order chi connectivity index (χ0) is 12.3. The molecule has 0 unspecified atom stereocenters. The van der Waals surface area contributed by atoms with Crippen molar-refractivity contribution in [3.63, 3.8) is 0 Å². The molecular formula is C12H14O4. The Hall–Kier alpha value is -1.97. The molecule has 4 heteroatoms. The van der Waals surface area contributed by atoms with Gasteiger partial charge >= 0.3 is 5.97 Å². The molecule has 0 bridgehead atoms. The standard InChI is InChI=1S/C12H14O4/c1-7(2)11-9(15-3)5-8(12(13)14)6-10(11)16-4/h5-6H,1H2,2-4H3,(H,13,14). The van der Waals surface area contributed by atoms with Crippen molar-refractivity contribution >= 4 is 11.5 Å². The van der Waals surface area contributed by atoms with Crippen molar-refractivity contribution in [1.29, 1.82) is 0 Å². The first-order valence-corrected chi connectivity index (χ1v) is 4.66. The van der Waals surface area contributed by atoms with Crippen LogP contribution in [0.5, 0.6) is 11.5 Å². The zero-order valence-corrected chi connectivity index (χ0v) is 9.53. The highest BCUT2D eigenvalue weighted by molar-refractivity contribution is 5.90. The van der Waals surface area contributed by atoms with Crippen LogP contribution in [0.25, 0.3) is 5.57 Å². The van der Waals surface area contributed by atoms with Gasteiger partial charge in [0.15, 0.2) is 0 Å². The van der Waals surface area contributed by atoms with E-state index in [4.69, 9.17) is 14.6 Å². The van der Waals surface area contributed by atoms with E-state index in [-0.39, 0.29) is 5.56 Å². The van der Waals surface area contributed by atoms with Crippen molar-refractivity contribution in [2.45, 2.75) is 6.92 Å². The number of allylic oxidation sites excluding steroid dienone is 1. The Morgan fingerprint density at radius 3 is 1.94 bits per heavy atom. The molecule has 1 rings (SSSR count). The summed E-state index contributed by atoms with van der Waals surface area (Å²) in [6.45, 7) is 5.62. The van der Waals surface area contributed by atoms with Crippen molar-refractivity contribution in [1.82, 2.24) is 0 Å². The van der Waals surface area contributed by atoms with Crippen molar-refractivity contribution in [3.05, 3.63) is 29.8 Å². The van der Waals surface area contributed by atoms with Crippen LogP contribution in [-0.4, -0.2) is 25.3 Å². The molecule has 4 nitrogen and oxygen atoms in total. The normalized spacial score (nSPS) is 9.69. The maximum atomic E-state index is 10.9. The number of aromatic carboxylic acids is 1. The lowest BCUT2D eigenvalue weighted by Gasteiger charge is -2.14. The number of benzene rings is 1. The summed E-state index contributed by atoms with van der Waals surface area (Å²) in [6, 6.07) is 2.91. The Labute approximate surface area is 94.1 Å². The fraction of sp³-hybridized carbons (Fsp3) is 0.250. The Kier molecular flexibility index (Phi) is 3.55. The fourth-order valence-corrected chi connectivity index (χ4v) is 1.46. The molecule has 0 saturated carbocycles. The molecule has 0 amide bonds. The number of carbonyl (C=O) groups is 1. The number of carboxylic acid groups (broad SMARTS) is 1. The Morgan fingerprint density at radius 1 is 1.25 bits per heavy atom. The maximum Gasteiger partial charge on any atom is 0.335 e. The lowest BCUT2D eigenvalue weighted by Crippen LogP contribution is -2.01. The first kappa shape index (κ1) is 12.1. The monoisotopic (exact) mass is 222 g/mol.